The van der Waals surface area contributed by atoms with Crippen molar-refractivity contribution in [3.8, 4) is 0 Å². The highest BCUT2D eigenvalue weighted by atomic mass is 19.1. The zero-order chi connectivity index (χ0) is 14.3. The number of carbonyl (C=O) groups is 1. The van der Waals surface area contributed by atoms with E-state index in [2.05, 4.69) is 9.97 Å². The first-order chi connectivity index (χ1) is 9.56. The minimum Gasteiger partial charge on any atom is -0.347 e. The van der Waals surface area contributed by atoms with Gasteiger partial charge in [-0.3, -0.25) is 4.79 Å². The van der Waals surface area contributed by atoms with Crippen LogP contribution in [0.2, 0.25) is 0 Å². The van der Waals surface area contributed by atoms with E-state index < -0.39 is 0 Å². The monoisotopic (exact) mass is 272 g/mol. The average molecular weight is 272 g/mol. The van der Waals surface area contributed by atoms with Crippen LogP contribution >= 0.6 is 0 Å². The number of amides is 1. The summed E-state index contributed by atoms with van der Waals surface area (Å²) in [7, 11) is 3.69. The van der Waals surface area contributed by atoms with E-state index in [4.69, 9.17) is 0 Å². The fourth-order valence-electron chi connectivity index (χ4n) is 2.12. The smallest absolute Gasteiger partial charge is 0.262 e. The van der Waals surface area contributed by atoms with Gasteiger partial charge in [-0.1, -0.05) is 0 Å². The summed E-state index contributed by atoms with van der Waals surface area (Å²) >= 11 is 0. The van der Waals surface area contributed by atoms with Crippen LogP contribution in [0.15, 0.2) is 30.5 Å². The number of aromatic nitrogens is 2. The topological polar surface area (TPSA) is 49.3 Å². The molecule has 1 aliphatic heterocycles. The number of hydrogen-bond acceptors (Lipinski definition) is 4. The second kappa shape index (κ2) is 4.56. The van der Waals surface area contributed by atoms with Crippen molar-refractivity contribution in [3.63, 3.8) is 0 Å². The molecule has 0 saturated heterocycles. The fourth-order valence-corrected chi connectivity index (χ4v) is 2.12. The van der Waals surface area contributed by atoms with E-state index in [1.807, 2.05) is 14.1 Å². The van der Waals surface area contributed by atoms with E-state index in [0.29, 0.717) is 29.4 Å². The third-order valence-electron chi connectivity index (χ3n) is 3.18. The van der Waals surface area contributed by atoms with Gasteiger partial charge in [0.15, 0.2) is 0 Å². The molecule has 0 N–H and O–H groups in total. The minimum atomic E-state index is -0.326. The van der Waals surface area contributed by atoms with Crippen LogP contribution < -0.4 is 9.80 Å². The second-order valence-corrected chi connectivity index (χ2v) is 4.79. The van der Waals surface area contributed by atoms with Crippen molar-refractivity contribution < 1.29 is 9.18 Å². The second-order valence-electron chi connectivity index (χ2n) is 4.79. The van der Waals surface area contributed by atoms with Crippen molar-refractivity contribution in [1.82, 2.24) is 9.97 Å². The van der Waals surface area contributed by atoms with E-state index in [-0.39, 0.29) is 11.7 Å². The lowest BCUT2D eigenvalue weighted by molar-refractivity contribution is 0.0996. The van der Waals surface area contributed by atoms with Crippen molar-refractivity contribution >= 4 is 17.5 Å². The van der Waals surface area contributed by atoms with Crippen molar-refractivity contribution in [1.29, 1.82) is 0 Å². The Morgan fingerprint density at radius 3 is 2.60 bits per heavy atom. The molecule has 5 nitrogen and oxygen atoms in total. The first-order valence-corrected chi connectivity index (χ1v) is 6.17. The molecular formula is C14H13FN4O. The van der Waals surface area contributed by atoms with Gasteiger partial charge in [0.1, 0.15) is 5.82 Å². The Bertz CT molecular complexity index is 669. The summed E-state index contributed by atoms with van der Waals surface area (Å²) in [5.74, 6) is 0.0852. The number of fused-ring (bicyclic) bond motifs is 1. The van der Waals surface area contributed by atoms with Crippen molar-refractivity contribution in [2.24, 2.45) is 0 Å². The SMILES string of the molecule is CN(C)c1ncc2c(n1)CN(c1ccc(F)cc1)C2=O. The Morgan fingerprint density at radius 1 is 1.25 bits per heavy atom. The molecule has 2 heterocycles. The maximum atomic E-state index is 12.9. The molecule has 1 aromatic heterocycles. The number of anilines is 2. The number of halogens is 1. The highest BCUT2D eigenvalue weighted by molar-refractivity contribution is 6.09. The van der Waals surface area contributed by atoms with Gasteiger partial charge in [0.25, 0.3) is 5.91 Å². The lowest BCUT2D eigenvalue weighted by Crippen LogP contribution is -2.22. The molecule has 0 aliphatic carbocycles. The first-order valence-electron chi connectivity index (χ1n) is 6.17. The summed E-state index contributed by atoms with van der Waals surface area (Å²) in [4.78, 5) is 24.2. The molecule has 1 aromatic carbocycles. The number of rotatable bonds is 2. The average Bonchev–Trinajstić information content (AvgIpc) is 2.76. The maximum absolute atomic E-state index is 12.9. The van der Waals surface area contributed by atoms with Crippen LogP contribution in [-0.4, -0.2) is 30.0 Å². The Hall–Kier alpha value is -2.50. The standard InChI is InChI=1S/C14H13FN4O/c1-18(2)14-16-7-11-12(17-14)8-19(13(11)20)10-5-3-9(15)4-6-10/h3-7H,8H2,1-2H3. The lowest BCUT2D eigenvalue weighted by Gasteiger charge is -2.14. The molecule has 102 valence electrons. The van der Waals surface area contributed by atoms with Gasteiger partial charge in [-0.2, -0.15) is 0 Å². The molecule has 0 atom stereocenters. The van der Waals surface area contributed by atoms with Crippen molar-refractivity contribution in [2.45, 2.75) is 6.54 Å². The predicted molar refractivity (Wildman–Crippen MR) is 73.3 cm³/mol. The molecule has 0 saturated carbocycles. The van der Waals surface area contributed by atoms with E-state index in [0.717, 1.165) is 0 Å². The van der Waals surface area contributed by atoms with Crippen molar-refractivity contribution in [2.75, 3.05) is 23.9 Å². The molecule has 0 fully saturated rings. The van der Waals surface area contributed by atoms with Crippen LogP contribution in [0.3, 0.4) is 0 Å². The largest absolute Gasteiger partial charge is 0.347 e. The summed E-state index contributed by atoms with van der Waals surface area (Å²) in [6.45, 7) is 0.378. The van der Waals surface area contributed by atoms with Crippen molar-refractivity contribution in [3.05, 3.63) is 47.5 Å². The molecule has 0 radical (unpaired) electrons. The van der Waals surface area contributed by atoms with Gasteiger partial charge in [-0.15, -0.1) is 0 Å². The predicted octanol–water partition coefficient (Wildman–Crippen LogP) is 1.84. The van der Waals surface area contributed by atoms with Gasteiger partial charge in [0.05, 0.1) is 17.8 Å². The normalized spacial score (nSPS) is 13.6. The molecule has 1 aliphatic rings. The maximum Gasteiger partial charge on any atom is 0.262 e. The molecule has 2 aromatic rings. The molecule has 0 spiro atoms. The summed E-state index contributed by atoms with van der Waals surface area (Å²) < 4.78 is 12.9. The van der Waals surface area contributed by atoms with Crippen LogP contribution in [0.4, 0.5) is 16.0 Å². The van der Waals surface area contributed by atoms with E-state index >= 15 is 0 Å². The molecule has 0 bridgehead atoms. The van der Waals surface area contributed by atoms with Gasteiger partial charge in [-0.05, 0) is 24.3 Å². The summed E-state index contributed by atoms with van der Waals surface area (Å²) in [5, 5.41) is 0. The summed E-state index contributed by atoms with van der Waals surface area (Å²) in [6.07, 6.45) is 1.55. The fraction of sp³-hybridized carbons (Fsp3) is 0.214. The molecule has 6 heteroatoms. The lowest BCUT2D eigenvalue weighted by atomic mass is 10.2. The van der Waals surface area contributed by atoms with Gasteiger partial charge >= 0.3 is 0 Å². The molecule has 20 heavy (non-hydrogen) atoms. The Kier molecular flexibility index (Phi) is 2.85. The summed E-state index contributed by atoms with van der Waals surface area (Å²) in [5.41, 5.74) is 1.85. The zero-order valence-corrected chi connectivity index (χ0v) is 11.2. The Labute approximate surface area is 115 Å². The first kappa shape index (κ1) is 12.5. The van der Waals surface area contributed by atoms with Gasteiger partial charge < -0.3 is 9.80 Å². The summed E-state index contributed by atoms with van der Waals surface area (Å²) in [6, 6.07) is 5.84. The molecule has 0 unspecified atom stereocenters. The highest BCUT2D eigenvalue weighted by Gasteiger charge is 2.30. The van der Waals surface area contributed by atoms with Crippen LogP contribution in [-0.2, 0) is 6.54 Å². The van der Waals surface area contributed by atoms with Crippen LogP contribution in [0.5, 0.6) is 0 Å². The number of benzene rings is 1. The minimum absolute atomic E-state index is 0.156. The third kappa shape index (κ3) is 1.99. The van der Waals surface area contributed by atoms with Crippen LogP contribution in [0.1, 0.15) is 16.1 Å². The van der Waals surface area contributed by atoms with Gasteiger partial charge in [-0.25, -0.2) is 14.4 Å². The van der Waals surface area contributed by atoms with Gasteiger partial charge in [0, 0.05) is 26.0 Å². The highest BCUT2D eigenvalue weighted by Crippen LogP contribution is 2.27. The number of nitrogens with zero attached hydrogens (tertiary/aromatic N) is 4. The van der Waals surface area contributed by atoms with E-state index in [9.17, 15) is 9.18 Å². The van der Waals surface area contributed by atoms with Crippen LogP contribution in [0.25, 0.3) is 0 Å². The quantitative estimate of drug-likeness (QED) is 0.837. The van der Waals surface area contributed by atoms with Crippen LogP contribution in [0, 0.1) is 5.82 Å². The third-order valence-corrected chi connectivity index (χ3v) is 3.18. The van der Waals surface area contributed by atoms with E-state index in [1.165, 1.54) is 12.1 Å². The molecule has 1 amide bonds. The molecular weight excluding hydrogens is 259 g/mol. The Morgan fingerprint density at radius 2 is 1.95 bits per heavy atom. The zero-order valence-electron chi connectivity index (χ0n) is 11.2. The Balaban J connectivity index is 1.95. The number of carbonyl (C=O) groups excluding carboxylic acids is 1. The molecule has 3 rings (SSSR count). The van der Waals surface area contributed by atoms with E-state index in [1.54, 1.807) is 28.1 Å². The number of hydrogen-bond donors (Lipinski definition) is 0. The van der Waals surface area contributed by atoms with Gasteiger partial charge in [0.2, 0.25) is 5.95 Å².